The van der Waals surface area contributed by atoms with Gasteiger partial charge in [-0.3, -0.25) is 4.79 Å². The van der Waals surface area contributed by atoms with Crippen molar-refractivity contribution in [2.45, 2.75) is 38.6 Å². The molecule has 0 saturated heterocycles. The highest BCUT2D eigenvalue weighted by molar-refractivity contribution is 7.89. The minimum Gasteiger partial charge on any atom is -0.332 e. The number of rotatable bonds is 8. The fraction of sp³-hybridized carbons (Fsp3) is 0.364. The summed E-state index contributed by atoms with van der Waals surface area (Å²) in [5.74, 6) is -0.290. The summed E-state index contributed by atoms with van der Waals surface area (Å²) in [4.78, 5) is 14.8. The van der Waals surface area contributed by atoms with Crippen molar-refractivity contribution in [3.8, 4) is 6.07 Å². The molecule has 2 aromatic rings. The summed E-state index contributed by atoms with van der Waals surface area (Å²) in [6.45, 7) is 8.31. The van der Waals surface area contributed by atoms with Crippen LogP contribution in [0, 0.1) is 11.3 Å². The van der Waals surface area contributed by atoms with Crippen LogP contribution in [-0.4, -0.2) is 43.2 Å². The number of nitrogens with zero attached hydrogens (tertiary/aromatic N) is 3. The molecule has 0 saturated carbocycles. The molecule has 0 bridgehead atoms. The van der Waals surface area contributed by atoms with Crippen LogP contribution in [0.2, 0.25) is 5.02 Å². The lowest BCUT2D eigenvalue weighted by Crippen LogP contribution is -2.34. The van der Waals surface area contributed by atoms with Gasteiger partial charge in [0.1, 0.15) is 4.90 Å². The Bertz CT molecular complexity index is 1040. The van der Waals surface area contributed by atoms with Crippen LogP contribution in [-0.2, 0) is 10.0 Å². The highest BCUT2D eigenvalue weighted by Gasteiger charge is 2.27. The topological polar surface area (TPSA) is 81.5 Å². The molecule has 0 aromatic heterocycles. The highest BCUT2D eigenvalue weighted by atomic mass is 35.5. The van der Waals surface area contributed by atoms with Crippen LogP contribution in [0.3, 0.4) is 0 Å². The molecule has 30 heavy (non-hydrogen) atoms. The fourth-order valence-electron chi connectivity index (χ4n) is 3.31. The molecule has 0 aliphatic carbocycles. The Morgan fingerprint density at radius 1 is 1.07 bits per heavy atom. The number of hydrogen-bond donors (Lipinski definition) is 0. The number of halogens is 1. The maximum Gasteiger partial charge on any atom is 0.254 e. The average Bonchev–Trinajstić information content (AvgIpc) is 2.75. The van der Waals surface area contributed by atoms with E-state index in [4.69, 9.17) is 16.9 Å². The van der Waals surface area contributed by atoms with Crippen LogP contribution in [0.15, 0.2) is 47.4 Å². The van der Waals surface area contributed by atoms with Gasteiger partial charge in [0.05, 0.1) is 22.7 Å². The minimum absolute atomic E-state index is 0.0687. The second kappa shape index (κ2) is 10.1. The second-order valence-corrected chi connectivity index (χ2v) is 9.05. The largest absolute Gasteiger partial charge is 0.332 e. The predicted octanol–water partition coefficient (Wildman–Crippen LogP) is 4.47. The summed E-state index contributed by atoms with van der Waals surface area (Å²) < 4.78 is 27.2. The zero-order valence-electron chi connectivity index (χ0n) is 17.6. The van der Waals surface area contributed by atoms with Gasteiger partial charge in [-0.2, -0.15) is 9.57 Å². The van der Waals surface area contributed by atoms with Crippen molar-refractivity contribution in [2.75, 3.05) is 19.6 Å². The summed E-state index contributed by atoms with van der Waals surface area (Å²) in [7, 11) is -3.80. The van der Waals surface area contributed by atoms with E-state index in [2.05, 4.69) is 6.07 Å². The van der Waals surface area contributed by atoms with E-state index in [1.54, 1.807) is 36.9 Å². The van der Waals surface area contributed by atoms with E-state index < -0.39 is 10.0 Å². The first-order chi connectivity index (χ1) is 14.2. The van der Waals surface area contributed by atoms with Gasteiger partial charge in [0.15, 0.2) is 0 Å². The molecular weight excluding hydrogens is 422 g/mol. The van der Waals surface area contributed by atoms with Crippen molar-refractivity contribution >= 4 is 27.5 Å². The molecular formula is C22H26ClN3O3S. The molecule has 0 N–H and O–H groups in total. The molecule has 0 heterocycles. The summed E-state index contributed by atoms with van der Waals surface area (Å²) in [6, 6.07) is 13.2. The number of sulfonamides is 1. The molecule has 0 aliphatic rings. The zero-order valence-corrected chi connectivity index (χ0v) is 19.2. The number of amides is 1. The van der Waals surface area contributed by atoms with Gasteiger partial charge in [-0.25, -0.2) is 8.42 Å². The number of carbonyl (C=O) groups excluding carboxylic acids is 1. The Labute approximate surface area is 183 Å². The van der Waals surface area contributed by atoms with Gasteiger partial charge in [-0.1, -0.05) is 37.6 Å². The second-order valence-electron chi connectivity index (χ2n) is 6.74. The van der Waals surface area contributed by atoms with E-state index in [1.165, 1.54) is 16.4 Å². The van der Waals surface area contributed by atoms with Crippen molar-refractivity contribution < 1.29 is 13.2 Å². The van der Waals surface area contributed by atoms with Crippen LogP contribution in [0.25, 0.3) is 0 Å². The third-order valence-electron chi connectivity index (χ3n) is 5.09. The molecule has 1 unspecified atom stereocenters. The average molecular weight is 448 g/mol. The fourth-order valence-corrected chi connectivity index (χ4v) is 5.27. The molecule has 160 valence electrons. The number of carbonyl (C=O) groups is 1. The van der Waals surface area contributed by atoms with Gasteiger partial charge >= 0.3 is 0 Å². The van der Waals surface area contributed by atoms with Gasteiger partial charge in [0.2, 0.25) is 10.0 Å². The Kier molecular flexibility index (Phi) is 8.02. The van der Waals surface area contributed by atoms with E-state index in [0.717, 1.165) is 5.56 Å². The molecule has 8 heteroatoms. The first kappa shape index (κ1) is 23.9. The van der Waals surface area contributed by atoms with Crippen LogP contribution in [0.1, 0.15) is 55.2 Å². The maximum atomic E-state index is 13.2. The standard InChI is InChI=1S/C22H26ClN3O3S/c1-5-25(6-2)30(28,29)21-14-19(12-13-20(21)23)22(27)26(7-3)16(4)18-10-8-17(15-24)9-11-18/h8-14,16H,5-7H2,1-4H3. The van der Waals surface area contributed by atoms with Gasteiger partial charge in [-0.05, 0) is 49.7 Å². The molecule has 0 spiro atoms. The van der Waals surface area contributed by atoms with Crippen LogP contribution in [0.5, 0.6) is 0 Å². The summed E-state index contributed by atoms with van der Waals surface area (Å²) >= 11 is 6.19. The van der Waals surface area contributed by atoms with E-state index >= 15 is 0 Å². The molecule has 1 amide bonds. The molecule has 0 fully saturated rings. The van der Waals surface area contributed by atoms with Crippen LogP contribution in [0.4, 0.5) is 0 Å². The third kappa shape index (κ3) is 4.84. The van der Waals surface area contributed by atoms with Crippen LogP contribution >= 0.6 is 11.6 Å². The molecule has 0 radical (unpaired) electrons. The Morgan fingerprint density at radius 2 is 1.67 bits per heavy atom. The number of hydrogen-bond acceptors (Lipinski definition) is 4. The van der Waals surface area contributed by atoms with Crippen molar-refractivity contribution in [1.29, 1.82) is 5.26 Å². The van der Waals surface area contributed by atoms with E-state index in [1.807, 2.05) is 26.0 Å². The SMILES string of the molecule is CCN(C(=O)c1ccc(Cl)c(S(=O)(=O)N(CC)CC)c1)C(C)c1ccc(C#N)cc1. The Hall–Kier alpha value is -2.40. The molecule has 2 rings (SSSR count). The first-order valence-corrected chi connectivity index (χ1v) is 11.6. The van der Waals surface area contributed by atoms with Gasteiger partial charge in [0, 0.05) is 25.2 Å². The molecule has 0 aliphatic heterocycles. The van der Waals surface area contributed by atoms with Gasteiger partial charge in [0.25, 0.3) is 5.91 Å². The van der Waals surface area contributed by atoms with Crippen molar-refractivity contribution in [1.82, 2.24) is 9.21 Å². The van der Waals surface area contributed by atoms with Crippen LogP contribution < -0.4 is 0 Å². The van der Waals surface area contributed by atoms with Crippen molar-refractivity contribution in [2.24, 2.45) is 0 Å². The monoisotopic (exact) mass is 447 g/mol. The Morgan fingerprint density at radius 3 is 2.17 bits per heavy atom. The van der Waals surface area contributed by atoms with E-state index in [0.29, 0.717) is 25.2 Å². The van der Waals surface area contributed by atoms with Crippen molar-refractivity contribution in [3.05, 3.63) is 64.2 Å². The summed E-state index contributed by atoms with van der Waals surface area (Å²) in [5.41, 5.74) is 1.69. The Balaban J connectivity index is 2.42. The van der Waals surface area contributed by atoms with E-state index in [9.17, 15) is 13.2 Å². The maximum absolute atomic E-state index is 13.2. The summed E-state index contributed by atoms with van der Waals surface area (Å²) in [6.07, 6.45) is 0. The normalized spacial score (nSPS) is 12.4. The zero-order chi connectivity index (χ0) is 22.5. The molecule has 6 nitrogen and oxygen atoms in total. The molecule has 1 atom stereocenters. The predicted molar refractivity (Wildman–Crippen MR) is 118 cm³/mol. The van der Waals surface area contributed by atoms with E-state index in [-0.39, 0.29) is 27.4 Å². The third-order valence-corrected chi connectivity index (χ3v) is 7.62. The number of benzene rings is 2. The highest BCUT2D eigenvalue weighted by Crippen LogP contribution is 2.28. The van der Waals surface area contributed by atoms with Crippen molar-refractivity contribution in [3.63, 3.8) is 0 Å². The molecule has 2 aromatic carbocycles. The van der Waals surface area contributed by atoms with Gasteiger partial charge < -0.3 is 4.90 Å². The lowest BCUT2D eigenvalue weighted by atomic mass is 10.0. The minimum atomic E-state index is -3.80. The first-order valence-electron chi connectivity index (χ1n) is 9.81. The lowest BCUT2D eigenvalue weighted by molar-refractivity contribution is 0.0702. The van der Waals surface area contributed by atoms with Gasteiger partial charge in [-0.15, -0.1) is 0 Å². The number of nitriles is 1. The lowest BCUT2D eigenvalue weighted by Gasteiger charge is -2.29. The summed E-state index contributed by atoms with van der Waals surface area (Å²) in [5, 5.41) is 9.06. The quantitative estimate of drug-likeness (QED) is 0.598. The smallest absolute Gasteiger partial charge is 0.254 e.